The molecule has 0 saturated heterocycles. The second kappa shape index (κ2) is 5.89. The smallest absolute Gasteiger partial charge is 0.0354 e. The number of nitrogens with one attached hydrogen (secondary N) is 1. The zero-order chi connectivity index (χ0) is 14.1. The normalized spacial score (nSPS) is 29.9. The summed E-state index contributed by atoms with van der Waals surface area (Å²) < 4.78 is 0. The summed E-state index contributed by atoms with van der Waals surface area (Å²) in [4.78, 5) is 0. The Hall–Kier alpha value is -0.820. The summed E-state index contributed by atoms with van der Waals surface area (Å²) in [6, 6.07) is 7.74. The lowest BCUT2D eigenvalue weighted by Gasteiger charge is -2.21. The molecule has 3 unspecified atom stereocenters. The molecule has 2 aliphatic carbocycles. The Morgan fingerprint density at radius 1 is 1.10 bits per heavy atom. The predicted molar refractivity (Wildman–Crippen MR) is 85.9 cm³/mol. The Balaban J connectivity index is 1.89. The maximum absolute atomic E-state index is 3.66. The lowest BCUT2D eigenvalue weighted by molar-refractivity contribution is 0.478. The molecular formula is C19H29N. The van der Waals surface area contributed by atoms with Crippen molar-refractivity contribution in [3.8, 4) is 0 Å². The zero-order valence-electron chi connectivity index (χ0n) is 13.3. The molecule has 1 N–H and O–H groups in total. The molecular weight excluding hydrogens is 242 g/mol. The van der Waals surface area contributed by atoms with Crippen molar-refractivity contribution in [2.45, 2.75) is 58.4 Å². The van der Waals surface area contributed by atoms with Gasteiger partial charge in [0.1, 0.15) is 0 Å². The minimum Gasteiger partial charge on any atom is -0.313 e. The number of benzene rings is 1. The quantitative estimate of drug-likeness (QED) is 0.831. The fraction of sp³-hybridized carbons (Fsp3) is 0.684. The third-order valence-electron chi connectivity index (χ3n) is 5.75. The van der Waals surface area contributed by atoms with Crippen LogP contribution >= 0.6 is 0 Å². The molecule has 3 atom stereocenters. The van der Waals surface area contributed by atoms with Gasteiger partial charge in [-0.05, 0) is 67.2 Å². The number of hydrogen-bond acceptors (Lipinski definition) is 1. The standard InChI is InChI=1S/C19H29N/c1-4-13-10-11-14(5-2)17(12-13)19(20-3)18-15-8-6-7-9-16(15)18/h10-12,15-16,18-20H,4-9H2,1-3H3. The molecule has 2 aliphatic rings. The van der Waals surface area contributed by atoms with Gasteiger partial charge in [-0.3, -0.25) is 0 Å². The van der Waals surface area contributed by atoms with Crippen LogP contribution < -0.4 is 5.32 Å². The molecule has 1 aromatic carbocycles. The fourth-order valence-corrected chi connectivity index (χ4v) is 4.57. The summed E-state index contributed by atoms with van der Waals surface area (Å²) in [7, 11) is 2.16. The Labute approximate surface area is 124 Å². The van der Waals surface area contributed by atoms with E-state index in [1.807, 2.05) is 0 Å². The van der Waals surface area contributed by atoms with E-state index in [1.165, 1.54) is 31.2 Å². The van der Waals surface area contributed by atoms with Crippen LogP contribution in [0.15, 0.2) is 18.2 Å². The van der Waals surface area contributed by atoms with Crippen LogP contribution in [-0.4, -0.2) is 7.05 Å². The van der Waals surface area contributed by atoms with Crippen molar-refractivity contribution in [1.29, 1.82) is 0 Å². The van der Waals surface area contributed by atoms with Crippen molar-refractivity contribution in [3.05, 3.63) is 34.9 Å². The molecule has 1 nitrogen and oxygen atoms in total. The first-order chi connectivity index (χ1) is 9.80. The minimum absolute atomic E-state index is 0.588. The number of hydrogen-bond donors (Lipinski definition) is 1. The molecule has 0 radical (unpaired) electrons. The van der Waals surface area contributed by atoms with Gasteiger partial charge in [0.2, 0.25) is 0 Å². The molecule has 0 amide bonds. The molecule has 0 spiro atoms. The van der Waals surface area contributed by atoms with Crippen LogP contribution in [0.4, 0.5) is 0 Å². The van der Waals surface area contributed by atoms with Gasteiger partial charge in [-0.15, -0.1) is 0 Å². The van der Waals surface area contributed by atoms with Crippen LogP contribution in [-0.2, 0) is 12.8 Å². The summed E-state index contributed by atoms with van der Waals surface area (Å²) in [6.45, 7) is 4.55. The van der Waals surface area contributed by atoms with Crippen LogP contribution in [0.3, 0.4) is 0 Å². The van der Waals surface area contributed by atoms with Crippen LogP contribution in [0, 0.1) is 17.8 Å². The second-order valence-electron chi connectivity index (χ2n) is 6.70. The molecule has 1 aromatic rings. The number of rotatable bonds is 5. The first-order valence-electron chi connectivity index (χ1n) is 8.59. The van der Waals surface area contributed by atoms with Gasteiger partial charge >= 0.3 is 0 Å². The Bertz CT molecular complexity index is 453. The van der Waals surface area contributed by atoms with E-state index in [0.29, 0.717) is 6.04 Å². The predicted octanol–water partition coefficient (Wildman–Crippen LogP) is 4.51. The second-order valence-corrected chi connectivity index (χ2v) is 6.70. The van der Waals surface area contributed by atoms with E-state index in [4.69, 9.17) is 0 Å². The average molecular weight is 271 g/mol. The summed E-state index contributed by atoms with van der Waals surface area (Å²) in [5.41, 5.74) is 4.63. The minimum atomic E-state index is 0.588. The van der Waals surface area contributed by atoms with Gasteiger partial charge in [-0.1, -0.05) is 44.9 Å². The highest BCUT2D eigenvalue weighted by atomic mass is 14.9. The topological polar surface area (TPSA) is 12.0 Å². The van der Waals surface area contributed by atoms with Crippen LogP contribution in [0.5, 0.6) is 0 Å². The molecule has 0 aliphatic heterocycles. The summed E-state index contributed by atoms with van der Waals surface area (Å²) in [5.74, 6) is 2.92. The third-order valence-corrected chi connectivity index (χ3v) is 5.75. The van der Waals surface area contributed by atoms with Crippen LogP contribution in [0.25, 0.3) is 0 Å². The summed E-state index contributed by atoms with van der Waals surface area (Å²) in [5, 5.41) is 3.66. The van der Waals surface area contributed by atoms with Crippen molar-refractivity contribution in [2.24, 2.45) is 17.8 Å². The van der Waals surface area contributed by atoms with E-state index in [1.54, 1.807) is 11.1 Å². The highest BCUT2D eigenvalue weighted by Gasteiger charge is 2.54. The first kappa shape index (κ1) is 14.1. The SMILES string of the molecule is CCc1ccc(CC)c(C(NC)C2C3CCCCC32)c1. The average Bonchev–Trinajstić information content (AvgIpc) is 3.22. The Morgan fingerprint density at radius 3 is 2.35 bits per heavy atom. The van der Waals surface area contributed by atoms with Gasteiger partial charge < -0.3 is 5.32 Å². The highest BCUT2D eigenvalue weighted by Crippen LogP contribution is 2.60. The summed E-state index contributed by atoms with van der Waals surface area (Å²) in [6.07, 6.45) is 8.17. The van der Waals surface area contributed by atoms with Crippen molar-refractivity contribution in [3.63, 3.8) is 0 Å². The van der Waals surface area contributed by atoms with E-state index in [-0.39, 0.29) is 0 Å². The fourth-order valence-electron chi connectivity index (χ4n) is 4.57. The van der Waals surface area contributed by atoms with E-state index in [0.717, 1.165) is 30.6 Å². The number of fused-ring (bicyclic) bond motifs is 1. The lowest BCUT2D eigenvalue weighted by atomic mass is 9.91. The highest BCUT2D eigenvalue weighted by molar-refractivity contribution is 5.36. The van der Waals surface area contributed by atoms with E-state index >= 15 is 0 Å². The van der Waals surface area contributed by atoms with Crippen molar-refractivity contribution >= 4 is 0 Å². The number of aryl methyl sites for hydroxylation is 2. The first-order valence-corrected chi connectivity index (χ1v) is 8.59. The zero-order valence-corrected chi connectivity index (χ0v) is 13.3. The maximum Gasteiger partial charge on any atom is 0.0354 e. The van der Waals surface area contributed by atoms with E-state index < -0.39 is 0 Å². The van der Waals surface area contributed by atoms with E-state index in [2.05, 4.69) is 44.4 Å². The molecule has 0 heterocycles. The van der Waals surface area contributed by atoms with Gasteiger partial charge in [0, 0.05) is 6.04 Å². The molecule has 2 fully saturated rings. The van der Waals surface area contributed by atoms with Crippen molar-refractivity contribution in [2.75, 3.05) is 7.05 Å². The molecule has 110 valence electrons. The molecule has 2 saturated carbocycles. The van der Waals surface area contributed by atoms with Crippen molar-refractivity contribution in [1.82, 2.24) is 5.32 Å². The van der Waals surface area contributed by atoms with Gasteiger partial charge in [0.05, 0.1) is 0 Å². The molecule has 1 heteroatoms. The molecule has 20 heavy (non-hydrogen) atoms. The molecule has 0 bridgehead atoms. The molecule has 0 aromatic heterocycles. The lowest BCUT2D eigenvalue weighted by Crippen LogP contribution is -2.21. The van der Waals surface area contributed by atoms with Crippen LogP contribution in [0.1, 0.15) is 62.3 Å². The van der Waals surface area contributed by atoms with Crippen LogP contribution in [0.2, 0.25) is 0 Å². The Morgan fingerprint density at radius 2 is 1.80 bits per heavy atom. The van der Waals surface area contributed by atoms with E-state index in [9.17, 15) is 0 Å². The van der Waals surface area contributed by atoms with Gasteiger partial charge in [-0.2, -0.15) is 0 Å². The van der Waals surface area contributed by atoms with Gasteiger partial charge in [-0.25, -0.2) is 0 Å². The monoisotopic (exact) mass is 271 g/mol. The molecule has 3 rings (SSSR count). The van der Waals surface area contributed by atoms with Crippen molar-refractivity contribution < 1.29 is 0 Å². The maximum atomic E-state index is 3.66. The summed E-state index contributed by atoms with van der Waals surface area (Å²) >= 11 is 0. The third kappa shape index (κ3) is 2.41. The Kier molecular flexibility index (Phi) is 4.16. The largest absolute Gasteiger partial charge is 0.313 e. The van der Waals surface area contributed by atoms with Gasteiger partial charge in [0.15, 0.2) is 0 Å². The van der Waals surface area contributed by atoms with Gasteiger partial charge in [0.25, 0.3) is 0 Å².